The van der Waals surface area contributed by atoms with Crippen molar-refractivity contribution in [1.82, 2.24) is 4.90 Å². The number of likely N-dealkylation sites (N-methyl/N-ethyl adjacent to an activating group) is 1. The van der Waals surface area contributed by atoms with Gasteiger partial charge >= 0.3 is 0 Å². The van der Waals surface area contributed by atoms with Gasteiger partial charge in [0.25, 0.3) is 0 Å². The first-order valence-corrected chi connectivity index (χ1v) is 12.5. The summed E-state index contributed by atoms with van der Waals surface area (Å²) in [5.74, 6) is 4.34. The maximum Gasteiger partial charge on any atom is 0.0593 e. The van der Waals surface area contributed by atoms with Crippen LogP contribution in [0.5, 0.6) is 0 Å². The van der Waals surface area contributed by atoms with Crippen LogP contribution in [0, 0.1) is 29.1 Å². The van der Waals surface area contributed by atoms with Gasteiger partial charge in [-0.2, -0.15) is 0 Å². The molecule has 0 saturated heterocycles. The van der Waals surface area contributed by atoms with Crippen LogP contribution < -0.4 is 0 Å². The highest BCUT2D eigenvalue weighted by Crippen LogP contribution is 2.64. The molecule has 0 N–H and O–H groups in total. The molecule has 3 aliphatic carbocycles. The van der Waals surface area contributed by atoms with Crippen LogP contribution in [0.2, 0.25) is 0 Å². The third-order valence-corrected chi connectivity index (χ3v) is 9.24. The monoisotopic (exact) mass is 397 g/mol. The van der Waals surface area contributed by atoms with Crippen molar-refractivity contribution in [3.05, 3.63) is 35.4 Å². The lowest BCUT2D eigenvalue weighted by atomic mass is 9.51. The van der Waals surface area contributed by atoms with E-state index >= 15 is 0 Å². The minimum absolute atomic E-state index is 0.546. The second kappa shape index (κ2) is 9.10. The van der Waals surface area contributed by atoms with Crippen molar-refractivity contribution in [1.29, 1.82) is 0 Å². The summed E-state index contributed by atoms with van der Waals surface area (Å²) in [5, 5.41) is 0. The molecule has 162 valence electrons. The molecule has 0 radical (unpaired) electrons. The first-order valence-electron chi connectivity index (χ1n) is 12.5. The number of rotatable bonds is 8. The molecule has 2 heteroatoms. The molecule has 2 saturated carbocycles. The number of ether oxygens (including phenoxy) is 1. The van der Waals surface area contributed by atoms with Gasteiger partial charge in [0.05, 0.1) is 6.61 Å². The van der Waals surface area contributed by atoms with Crippen molar-refractivity contribution < 1.29 is 4.74 Å². The molecule has 0 heterocycles. The van der Waals surface area contributed by atoms with E-state index in [2.05, 4.69) is 56.9 Å². The Morgan fingerprint density at radius 2 is 1.86 bits per heavy atom. The quantitative estimate of drug-likeness (QED) is 0.488. The second-order valence-electron chi connectivity index (χ2n) is 10.4. The Bertz CT molecular complexity index is 668. The molecule has 0 aromatic heterocycles. The van der Waals surface area contributed by atoms with Crippen LogP contribution in [0.1, 0.15) is 76.8 Å². The van der Waals surface area contributed by atoms with Crippen molar-refractivity contribution in [3.8, 4) is 0 Å². The fourth-order valence-electron chi connectivity index (χ4n) is 7.56. The Morgan fingerprint density at radius 3 is 2.66 bits per heavy atom. The number of benzene rings is 1. The van der Waals surface area contributed by atoms with Crippen LogP contribution in [0.15, 0.2) is 24.3 Å². The van der Waals surface area contributed by atoms with Crippen molar-refractivity contribution in [3.63, 3.8) is 0 Å². The number of hydrogen-bond donors (Lipinski definition) is 0. The molecule has 3 unspecified atom stereocenters. The van der Waals surface area contributed by atoms with E-state index in [0.29, 0.717) is 5.41 Å². The van der Waals surface area contributed by atoms with E-state index in [4.69, 9.17) is 4.74 Å². The van der Waals surface area contributed by atoms with E-state index in [1.165, 1.54) is 38.5 Å². The maximum absolute atomic E-state index is 6.09. The standard InChI is InChI=1S/C27H43NO/c1-5-28(6-2)16-18-29-17-14-22-11-12-25-26-20(3)19-21-9-7-8-10-23(21)24(26)13-15-27(22,25)4/h7-10,20,22,24-26H,5-6,11-19H2,1-4H3/t20-,22-,24?,25?,26?,27-/m1/s1. The van der Waals surface area contributed by atoms with E-state index in [1.807, 2.05) is 0 Å². The van der Waals surface area contributed by atoms with Crippen molar-refractivity contribution in [2.45, 2.75) is 72.1 Å². The average Bonchev–Trinajstić information content (AvgIpc) is 3.07. The number of hydrogen-bond acceptors (Lipinski definition) is 2. The third kappa shape index (κ3) is 4.04. The van der Waals surface area contributed by atoms with Crippen LogP contribution >= 0.6 is 0 Å². The third-order valence-electron chi connectivity index (χ3n) is 9.24. The molecule has 0 amide bonds. The van der Waals surface area contributed by atoms with Crippen molar-refractivity contribution in [2.75, 3.05) is 32.8 Å². The van der Waals surface area contributed by atoms with Crippen LogP contribution in [0.4, 0.5) is 0 Å². The summed E-state index contributed by atoms with van der Waals surface area (Å²) in [6.45, 7) is 14.9. The molecule has 4 rings (SSSR count). The molecular weight excluding hydrogens is 354 g/mol. The molecule has 2 nitrogen and oxygen atoms in total. The molecule has 2 fully saturated rings. The van der Waals surface area contributed by atoms with Crippen LogP contribution in [-0.2, 0) is 11.2 Å². The largest absolute Gasteiger partial charge is 0.380 e. The van der Waals surface area contributed by atoms with Gasteiger partial charge in [-0.3, -0.25) is 0 Å². The van der Waals surface area contributed by atoms with E-state index in [0.717, 1.165) is 62.4 Å². The lowest BCUT2D eigenvalue weighted by Gasteiger charge is -2.53. The zero-order chi connectivity index (χ0) is 20.4. The fourth-order valence-corrected chi connectivity index (χ4v) is 7.56. The Hall–Kier alpha value is -0.860. The summed E-state index contributed by atoms with van der Waals surface area (Å²) in [6, 6.07) is 9.35. The van der Waals surface area contributed by atoms with Gasteiger partial charge in [0.1, 0.15) is 0 Å². The van der Waals surface area contributed by atoms with Gasteiger partial charge in [0.15, 0.2) is 0 Å². The van der Waals surface area contributed by atoms with Gasteiger partial charge in [-0.05, 0) is 97.7 Å². The average molecular weight is 398 g/mol. The minimum Gasteiger partial charge on any atom is -0.380 e. The first-order chi connectivity index (χ1) is 14.1. The highest BCUT2D eigenvalue weighted by molar-refractivity contribution is 5.35. The van der Waals surface area contributed by atoms with Crippen LogP contribution in [0.25, 0.3) is 0 Å². The maximum atomic E-state index is 6.09. The highest BCUT2D eigenvalue weighted by Gasteiger charge is 2.55. The molecule has 3 aliphatic rings. The second-order valence-corrected chi connectivity index (χ2v) is 10.4. The Balaban J connectivity index is 1.37. The summed E-state index contributed by atoms with van der Waals surface area (Å²) >= 11 is 0. The van der Waals surface area contributed by atoms with Crippen LogP contribution in [0.3, 0.4) is 0 Å². The van der Waals surface area contributed by atoms with Gasteiger partial charge in [-0.1, -0.05) is 52.0 Å². The van der Waals surface area contributed by atoms with E-state index in [1.54, 1.807) is 11.1 Å². The van der Waals surface area contributed by atoms with Crippen LogP contribution in [-0.4, -0.2) is 37.7 Å². The molecule has 0 spiro atoms. The lowest BCUT2D eigenvalue weighted by molar-refractivity contribution is -0.00509. The number of nitrogens with zero attached hydrogens (tertiary/aromatic N) is 1. The predicted octanol–water partition coefficient (Wildman–Crippen LogP) is 6.15. The molecule has 0 bridgehead atoms. The molecular formula is C27H43NO. The SMILES string of the molecule is CCN(CC)CCOCC[C@H]1CCC2C3C(CC[C@@]21C)c1ccccc1C[C@H]3C. The van der Waals surface area contributed by atoms with E-state index < -0.39 is 0 Å². The molecule has 29 heavy (non-hydrogen) atoms. The molecule has 6 atom stereocenters. The lowest BCUT2D eigenvalue weighted by Crippen LogP contribution is -2.45. The van der Waals surface area contributed by atoms with E-state index in [-0.39, 0.29) is 0 Å². The fraction of sp³-hybridized carbons (Fsp3) is 0.778. The van der Waals surface area contributed by atoms with Gasteiger partial charge in [-0.15, -0.1) is 0 Å². The normalized spacial score (nSPS) is 36.0. The minimum atomic E-state index is 0.546. The molecule has 1 aromatic rings. The van der Waals surface area contributed by atoms with Gasteiger partial charge < -0.3 is 9.64 Å². The highest BCUT2D eigenvalue weighted by atomic mass is 16.5. The summed E-state index contributed by atoms with van der Waals surface area (Å²) in [6.07, 6.45) is 8.27. The Kier molecular flexibility index (Phi) is 6.71. The van der Waals surface area contributed by atoms with Gasteiger partial charge in [0, 0.05) is 13.2 Å². The Labute approximate surface area is 179 Å². The molecule has 0 aliphatic heterocycles. The van der Waals surface area contributed by atoms with Gasteiger partial charge in [0.2, 0.25) is 0 Å². The zero-order valence-corrected chi connectivity index (χ0v) is 19.3. The summed E-state index contributed by atoms with van der Waals surface area (Å²) in [7, 11) is 0. The number of fused-ring (bicyclic) bond motifs is 5. The van der Waals surface area contributed by atoms with Crippen molar-refractivity contribution >= 4 is 0 Å². The topological polar surface area (TPSA) is 12.5 Å². The summed E-state index contributed by atoms with van der Waals surface area (Å²) in [4.78, 5) is 2.45. The smallest absolute Gasteiger partial charge is 0.0593 e. The predicted molar refractivity (Wildman–Crippen MR) is 122 cm³/mol. The van der Waals surface area contributed by atoms with E-state index in [9.17, 15) is 0 Å². The Morgan fingerprint density at radius 1 is 1.07 bits per heavy atom. The zero-order valence-electron chi connectivity index (χ0n) is 19.3. The molecule has 1 aromatic carbocycles. The van der Waals surface area contributed by atoms with Crippen molar-refractivity contribution in [2.24, 2.45) is 29.1 Å². The first kappa shape index (κ1) is 21.4. The summed E-state index contributed by atoms with van der Waals surface area (Å²) in [5.41, 5.74) is 3.88. The summed E-state index contributed by atoms with van der Waals surface area (Å²) < 4.78 is 6.09. The van der Waals surface area contributed by atoms with Gasteiger partial charge in [-0.25, -0.2) is 0 Å².